The van der Waals surface area contributed by atoms with Gasteiger partial charge in [-0.05, 0) is 30.4 Å². The summed E-state index contributed by atoms with van der Waals surface area (Å²) in [4.78, 5) is 1.20. The number of benzene rings is 1. The molecule has 0 atom stereocenters. The summed E-state index contributed by atoms with van der Waals surface area (Å²) in [5, 5.41) is 8.67. The molecule has 1 nitrogen and oxygen atoms in total. The summed E-state index contributed by atoms with van der Waals surface area (Å²) in [7, 11) is 0. The molecule has 0 N–H and O–H groups in total. The number of thioether (sulfide) groups is 1. The van der Waals surface area contributed by atoms with E-state index < -0.39 is 0 Å². The predicted octanol–water partition coefficient (Wildman–Crippen LogP) is 3.45. The molecular formula is C11H13NS. The maximum absolute atomic E-state index is 8.67. The van der Waals surface area contributed by atoms with Crippen molar-refractivity contribution in [3.63, 3.8) is 0 Å². The first kappa shape index (κ1) is 10.1. The summed E-state index contributed by atoms with van der Waals surface area (Å²) >= 11 is 1.82. The average molecular weight is 191 g/mol. The lowest BCUT2D eigenvalue weighted by Gasteiger charge is -1.99. The van der Waals surface area contributed by atoms with Gasteiger partial charge in [-0.25, -0.2) is 0 Å². The van der Waals surface area contributed by atoms with Crippen molar-refractivity contribution in [1.29, 1.82) is 5.26 Å². The SMILES string of the molecule is CCCCSc1cccc(C#N)c1. The van der Waals surface area contributed by atoms with Gasteiger partial charge in [-0.15, -0.1) is 11.8 Å². The van der Waals surface area contributed by atoms with Crippen LogP contribution in [0.3, 0.4) is 0 Å². The molecule has 1 aromatic rings. The van der Waals surface area contributed by atoms with Crippen molar-refractivity contribution in [2.45, 2.75) is 24.7 Å². The highest BCUT2D eigenvalue weighted by Gasteiger charge is 1.94. The summed E-state index contributed by atoms with van der Waals surface area (Å²) < 4.78 is 0. The zero-order chi connectivity index (χ0) is 9.52. The molecule has 0 saturated carbocycles. The van der Waals surface area contributed by atoms with E-state index in [2.05, 4.69) is 19.1 Å². The van der Waals surface area contributed by atoms with E-state index in [-0.39, 0.29) is 0 Å². The number of hydrogen-bond donors (Lipinski definition) is 0. The molecule has 0 radical (unpaired) electrons. The zero-order valence-corrected chi connectivity index (χ0v) is 8.60. The van der Waals surface area contributed by atoms with Crippen LogP contribution in [0.1, 0.15) is 25.3 Å². The van der Waals surface area contributed by atoms with E-state index >= 15 is 0 Å². The monoisotopic (exact) mass is 191 g/mol. The molecule has 0 aliphatic rings. The summed E-state index contributed by atoms with van der Waals surface area (Å²) in [6.07, 6.45) is 2.46. The normalized spacial score (nSPS) is 9.54. The van der Waals surface area contributed by atoms with Crippen LogP contribution in [0.2, 0.25) is 0 Å². The van der Waals surface area contributed by atoms with Crippen molar-refractivity contribution in [3.8, 4) is 6.07 Å². The molecule has 68 valence electrons. The van der Waals surface area contributed by atoms with E-state index in [1.54, 1.807) is 0 Å². The quantitative estimate of drug-likeness (QED) is 0.537. The molecule has 1 rings (SSSR count). The van der Waals surface area contributed by atoms with E-state index in [1.807, 2.05) is 30.0 Å². The van der Waals surface area contributed by atoms with E-state index in [1.165, 1.54) is 17.7 Å². The van der Waals surface area contributed by atoms with Crippen molar-refractivity contribution < 1.29 is 0 Å². The molecule has 0 amide bonds. The van der Waals surface area contributed by atoms with Gasteiger partial charge < -0.3 is 0 Å². The smallest absolute Gasteiger partial charge is 0.0992 e. The van der Waals surface area contributed by atoms with Crippen LogP contribution in [0, 0.1) is 11.3 Å². The Hall–Kier alpha value is -0.940. The van der Waals surface area contributed by atoms with Gasteiger partial charge in [0.15, 0.2) is 0 Å². The van der Waals surface area contributed by atoms with Gasteiger partial charge in [0.05, 0.1) is 11.6 Å². The molecule has 0 saturated heterocycles. The molecule has 1 aromatic carbocycles. The third kappa shape index (κ3) is 3.52. The van der Waals surface area contributed by atoms with Gasteiger partial charge in [0.2, 0.25) is 0 Å². The van der Waals surface area contributed by atoms with Gasteiger partial charge in [0.1, 0.15) is 0 Å². The molecule has 0 bridgehead atoms. The molecule has 0 aliphatic heterocycles. The Labute approximate surface area is 83.8 Å². The van der Waals surface area contributed by atoms with Crippen LogP contribution in [-0.2, 0) is 0 Å². The van der Waals surface area contributed by atoms with Crippen LogP contribution >= 0.6 is 11.8 Å². The van der Waals surface area contributed by atoms with Crippen molar-refractivity contribution in [2.75, 3.05) is 5.75 Å². The Morgan fingerprint density at radius 3 is 3.00 bits per heavy atom. The second kappa shape index (κ2) is 5.66. The highest BCUT2D eigenvalue weighted by Crippen LogP contribution is 2.19. The fourth-order valence-electron chi connectivity index (χ4n) is 0.990. The molecule has 0 aliphatic carbocycles. The molecule has 2 heteroatoms. The molecule has 13 heavy (non-hydrogen) atoms. The van der Waals surface area contributed by atoms with Crippen molar-refractivity contribution in [1.82, 2.24) is 0 Å². The number of unbranched alkanes of at least 4 members (excludes halogenated alkanes) is 1. The van der Waals surface area contributed by atoms with Crippen LogP contribution in [-0.4, -0.2) is 5.75 Å². The third-order valence-electron chi connectivity index (χ3n) is 1.73. The molecule has 0 unspecified atom stereocenters. The van der Waals surface area contributed by atoms with E-state index in [0.717, 1.165) is 11.3 Å². The molecule has 0 fully saturated rings. The molecule has 0 heterocycles. The highest BCUT2D eigenvalue weighted by molar-refractivity contribution is 7.99. The first-order valence-electron chi connectivity index (χ1n) is 4.49. The lowest BCUT2D eigenvalue weighted by atomic mass is 10.2. The predicted molar refractivity (Wildman–Crippen MR) is 56.8 cm³/mol. The van der Waals surface area contributed by atoms with Gasteiger partial charge in [-0.3, -0.25) is 0 Å². The number of rotatable bonds is 4. The number of hydrogen-bond acceptors (Lipinski definition) is 2. The molecule has 0 aromatic heterocycles. The van der Waals surface area contributed by atoms with E-state index in [4.69, 9.17) is 5.26 Å². The minimum Gasteiger partial charge on any atom is -0.192 e. The fourth-order valence-corrected chi connectivity index (χ4v) is 2.04. The maximum Gasteiger partial charge on any atom is 0.0992 e. The Kier molecular flexibility index (Phi) is 4.42. The van der Waals surface area contributed by atoms with Crippen LogP contribution in [0.4, 0.5) is 0 Å². The fraction of sp³-hybridized carbons (Fsp3) is 0.364. The minimum atomic E-state index is 0.751. The van der Waals surface area contributed by atoms with Crippen molar-refractivity contribution in [2.24, 2.45) is 0 Å². The number of nitrogens with zero attached hydrogens (tertiary/aromatic N) is 1. The first-order chi connectivity index (χ1) is 6.36. The highest BCUT2D eigenvalue weighted by atomic mass is 32.2. The van der Waals surface area contributed by atoms with Crippen LogP contribution in [0.25, 0.3) is 0 Å². The Morgan fingerprint density at radius 2 is 2.31 bits per heavy atom. The first-order valence-corrected chi connectivity index (χ1v) is 5.48. The van der Waals surface area contributed by atoms with Gasteiger partial charge >= 0.3 is 0 Å². The van der Waals surface area contributed by atoms with Crippen LogP contribution < -0.4 is 0 Å². The topological polar surface area (TPSA) is 23.8 Å². The summed E-state index contributed by atoms with van der Waals surface area (Å²) in [5.74, 6) is 1.14. The maximum atomic E-state index is 8.67. The lowest BCUT2D eigenvalue weighted by Crippen LogP contribution is -1.79. The Bertz CT molecular complexity index is 301. The number of nitriles is 1. The van der Waals surface area contributed by atoms with Gasteiger partial charge in [0.25, 0.3) is 0 Å². The lowest BCUT2D eigenvalue weighted by molar-refractivity contribution is 0.896. The minimum absolute atomic E-state index is 0.751. The Morgan fingerprint density at radius 1 is 1.46 bits per heavy atom. The second-order valence-corrected chi connectivity index (χ2v) is 4.01. The van der Waals surface area contributed by atoms with Gasteiger partial charge in [-0.2, -0.15) is 5.26 Å². The average Bonchev–Trinajstić information content (AvgIpc) is 2.19. The van der Waals surface area contributed by atoms with Crippen molar-refractivity contribution >= 4 is 11.8 Å². The van der Waals surface area contributed by atoms with Gasteiger partial charge in [0, 0.05) is 4.90 Å². The second-order valence-electron chi connectivity index (χ2n) is 2.84. The van der Waals surface area contributed by atoms with Gasteiger partial charge in [-0.1, -0.05) is 19.4 Å². The largest absolute Gasteiger partial charge is 0.192 e. The summed E-state index contributed by atoms with van der Waals surface area (Å²) in [5.41, 5.74) is 0.751. The van der Waals surface area contributed by atoms with Crippen LogP contribution in [0.5, 0.6) is 0 Å². The molecule has 0 spiro atoms. The van der Waals surface area contributed by atoms with Crippen LogP contribution in [0.15, 0.2) is 29.2 Å². The Balaban J connectivity index is 2.52. The van der Waals surface area contributed by atoms with Crippen molar-refractivity contribution in [3.05, 3.63) is 29.8 Å². The van der Waals surface area contributed by atoms with E-state index in [0.29, 0.717) is 0 Å². The summed E-state index contributed by atoms with van der Waals surface area (Å²) in [6.45, 7) is 2.19. The third-order valence-corrected chi connectivity index (χ3v) is 2.81. The standard InChI is InChI=1S/C11H13NS/c1-2-3-7-13-11-6-4-5-10(8-11)9-12/h4-6,8H,2-3,7H2,1H3. The molecular weight excluding hydrogens is 178 g/mol. The zero-order valence-electron chi connectivity index (χ0n) is 7.79. The van der Waals surface area contributed by atoms with E-state index in [9.17, 15) is 0 Å². The summed E-state index contributed by atoms with van der Waals surface area (Å²) in [6, 6.07) is 9.92.